The Labute approximate surface area is 160 Å². The lowest BCUT2D eigenvalue weighted by Gasteiger charge is -2.19. The highest BCUT2D eigenvalue weighted by Gasteiger charge is 2.17. The minimum atomic E-state index is -3.42. The quantitative estimate of drug-likeness (QED) is 0.675. The molecule has 0 spiro atoms. The zero-order chi connectivity index (χ0) is 19.7. The van der Waals surface area contributed by atoms with Crippen molar-refractivity contribution in [2.75, 3.05) is 25.9 Å². The number of benzene rings is 2. The van der Waals surface area contributed by atoms with Crippen LogP contribution in [-0.2, 0) is 27.7 Å². The fraction of sp³-hybridized carbons (Fsp3) is 0.350. The third kappa shape index (κ3) is 7.88. The van der Waals surface area contributed by atoms with Gasteiger partial charge in [-0.25, -0.2) is 17.1 Å². The van der Waals surface area contributed by atoms with Gasteiger partial charge in [0.2, 0.25) is 15.9 Å². The van der Waals surface area contributed by atoms with Crippen molar-refractivity contribution >= 4 is 15.9 Å². The van der Waals surface area contributed by atoms with E-state index in [2.05, 4.69) is 5.32 Å². The highest BCUT2D eigenvalue weighted by atomic mass is 32.2. The summed E-state index contributed by atoms with van der Waals surface area (Å²) in [4.78, 5) is 12.0. The average molecular weight is 392 g/mol. The molecule has 0 heterocycles. The number of nitrogens with one attached hydrogen (secondary N) is 1. The number of carbonyl (C=O) groups excluding carboxylic acids is 1. The van der Waals surface area contributed by atoms with E-state index in [1.54, 1.807) is 12.1 Å². The van der Waals surface area contributed by atoms with Crippen LogP contribution >= 0.6 is 0 Å². The van der Waals surface area contributed by atoms with Crippen LogP contribution in [0.4, 0.5) is 4.39 Å². The Kier molecular flexibility index (Phi) is 7.94. The van der Waals surface area contributed by atoms with Gasteiger partial charge >= 0.3 is 0 Å². The summed E-state index contributed by atoms with van der Waals surface area (Å²) < 4.78 is 38.1. The van der Waals surface area contributed by atoms with Crippen molar-refractivity contribution < 1.29 is 17.6 Å². The lowest BCUT2D eigenvalue weighted by atomic mass is 10.1. The van der Waals surface area contributed by atoms with E-state index in [0.29, 0.717) is 13.0 Å². The van der Waals surface area contributed by atoms with E-state index in [0.717, 1.165) is 23.8 Å². The van der Waals surface area contributed by atoms with E-state index in [-0.39, 0.29) is 31.2 Å². The Morgan fingerprint density at radius 2 is 1.59 bits per heavy atom. The minimum Gasteiger partial charge on any atom is -0.356 e. The van der Waals surface area contributed by atoms with Crippen molar-refractivity contribution in [3.05, 3.63) is 71.5 Å². The first-order valence-electron chi connectivity index (χ1n) is 8.85. The maximum absolute atomic E-state index is 12.9. The molecule has 2 rings (SSSR count). The van der Waals surface area contributed by atoms with Crippen LogP contribution in [0.15, 0.2) is 54.6 Å². The second-order valence-corrected chi connectivity index (χ2v) is 8.36. The second kappa shape index (κ2) is 10.2. The molecule has 2 aromatic carbocycles. The molecule has 2 aromatic rings. The highest BCUT2D eigenvalue weighted by molar-refractivity contribution is 7.88. The third-order valence-corrected chi connectivity index (χ3v) is 5.50. The van der Waals surface area contributed by atoms with Gasteiger partial charge in [-0.2, -0.15) is 0 Å². The normalized spacial score (nSPS) is 11.5. The van der Waals surface area contributed by atoms with Gasteiger partial charge in [-0.15, -0.1) is 0 Å². The van der Waals surface area contributed by atoms with Crippen LogP contribution in [0.3, 0.4) is 0 Å². The second-order valence-electron chi connectivity index (χ2n) is 6.37. The molecule has 27 heavy (non-hydrogen) atoms. The van der Waals surface area contributed by atoms with Gasteiger partial charge in [0.25, 0.3) is 0 Å². The molecule has 5 nitrogen and oxygen atoms in total. The van der Waals surface area contributed by atoms with Crippen LogP contribution in [0.1, 0.15) is 17.5 Å². The fourth-order valence-corrected chi connectivity index (χ4v) is 3.50. The van der Waals surface area contributed by atoms with Crippen molar-refractivity contribution in [3.63, 3.8) is 0 Å². The molecular formula is C20H25FN2O3S. The summed E-state index contributed by atoms with van der Waals surface area (Å²) in [6.07, 6.45) is 2.42. The van der Waals surface area contributed by atoms with E-state index in [1.807, 2.05) is 30.3 Å². The summed E-state index contributed by atoms with van der Waals surface area (Å²) in [6, 6.07) is 15.8. The lowest BCUT2D eigenvalue weighted by Crippen LogP contribution is -2.36. The zero-order valence-corrected chi connectivity index (χ0v) is 16.2. The maximum atomic E-state index is 12.9. The van der Waals surface area contributed by atoms with E-state index < -0.39 is 10.0 Å². The van der Waals surface area contributed by atoms with Crippen LogP contribution in [0.25, 0.3) is 0 Å². The van der Waals surface area contributed by atoms with Crippen molar-refractivity contribution in [1.29, 1.82) is 0 Å². The summed E-state index contributed by atoms with van der Waals surface area (Å²) in [6.45, 7) is 0.885. The van der Waals surface area contributed by atoms with Gasteiger partial charge in [0.05, 0.1) is 6.26 Å². The molecule has 0 bridgehead atoms. The highest BCUT2D eigenvalue weighted by Crippen LogP contribution is 2.07. The molecule has 0 aliphatic carbocycles. The van der Waals surface area contributed by atoms with Gasteiger partial charge in [-0.1, -0.05) is 42.5 Å². The van der Waals surface area contributed by atoms with E-state index in [4.69, 9.17) is 0 Å². The summed E-state index contributed by atoms with van der Waals surface area (Å²) in [5, 5.41) is 2.82. The number of hydrogen-bond acceptors (Lipinski definition) is 3. The summed E-state index contributed by atoms with van der Waals surface area (Å²) >= 11 is 0. The number of rotatable bonds is 10. The van der Waals surface area contributed by atoms with Crippen LogP contribution in [0, 0.1) is 5.82 Å². The van der Waals surface area contributed by atoms with Gasteiger partial charge in [0, 0.05) is 26.1 Å². The summed E-state index contributed by atoms with van der Waals surface area (Å²) in [5.74, 6) is -0.507. The Bertz CT molecular complexity index is 824. The lowest BCUT2D eigenvalue weighted by molar-refractivity contribution is -0.121. The molecule has 146 valence electrons. The van der Waals surface area contributed by atoms with Crippen molar-refractivity contribution in [3.8, 4) is 0 Å². The number of amides is 1. The number of carbonyl (C=O) groups is 1. The molecule has 0 saturated carbocycles. The molecular weight excluding hydrogens is 367 g/mol. The summed E-state index contributed by atoms with van der Waals surface area (Å²) in [7, 11) is -3.42. The molecule has 0 radical (unpaired) electrons. The van der Waals surface area contributed by atoms with Crippen LogP contribution in [0.2, 0.25) is 0 Å². The predicted octanol–water partition coefficient (Wildman–Crippen LogP) is 2.38. The standard InChI is InChI=1S/C20H25FN2O3S/c1-27(25,26)23(15-12-18-7-9-19(21)10-8-18)16-13-20(24)22-14-11-17-5-3-2-4-6-17/h2-10H,11-16H2,1H3,(H,22,24). The zero-order valence-electron chi connectivity index (χ0n) is 15.4. The first-order valence-corrected chi connectivity index (χ1v) is 10.7. The predicted molar refractivity (Wildman–Crippen MR) is 104 cm³/mol. The average Bonchev–Trinajstić information content (AvgIpc) is 2.63. The Morgan fingerprint density at radius 1 is 0.963 bits per heavy atom. The number of sulfonamides is 1. The van der Waals surface area contributed by atoms with Crippen LogP contribution in [0.5, 0.6) is 0 Å². The van der Waals surface area contributed by atoms with Gasteiger partial charge in [0.1, 0.15) is 5.82 Å². The van der Waals surface area contributed by atoms with Gasteiger partial charge < -0.3 is 5.32 Å². The molecule has 1 N–H and O–H groups in total. The Morgan fingerprint density at radius 3 is 2.22 bits per heavy atom. The third-order valence-electron chi connectivity index (χ3n) is 4.20. The molecule has 0 unspecified atom stereocenters. The SMILES string of the molecule is CS(=O)(=O)N(CCC(=O)NCCc1ccccc1)CCc1ccc(F)cc1. The van der Waals surface area contributed by atoms with Crippen molar-refractivity contribution in [2.45, 2.75) is 19.3 Å². The Hall–Kier alpha value is -2.25. The van der Waals surface area contributed by atoms with Gasteiger partial charge in [-0.3, -0.25) is 4.79 Å². The van der Waals surface area contributed by atoms with Gasteiger partial charge in [-0.05, 0) is 36.1 Å². The molecule has 0 saturated heterocycles. The largest absolute Gasteiger partial charge is 0.356 e. The summed E-state index contributed by atoms with van der Waals surface area (Å²) in [5.41, 5.74) is 1.98. The van der Waals surface area contributed by atoms with E-state index in [1.165, 1.54) is 16.4 Å². The van der Waals surface area contributed by atoms with E-state index in [9.17, 15) is 17.6 Å². The smallest absolute Gasteiger partial charge is 0.221 e. The number of halogens is 1. The van der Waals surface area contributed by atoms with Gasteiger partial charge in [0.15, 0.2) is 0 Å². The molecule has 0 aliphatic heterocycles. The molecule has 0 fully saturated rings. The van der Waals surface area contributed by atoms with Crippen molar-refractivity contribution in [2.24, 2.45) is 0 Å². The number of nitrogens with zero attached hydrogens (tertiary/aromatic N) is 1. The van der Waals surface area contributed by atoms with E-state index >= 15 is 0 Å². The van der Waals surface area contributed by atoms with Crippen LogP contribution in [-0.4, -0.2) is 44.5 Å². The van der Waals surface area contributed by atoms with Crippen LogP contribution < -0.4 is 5.32 Å². The maximum Gasteiger partial charge on any atom is 0.221 e. The topological polar surface area (TPSA) is 66.5 Å². The Balaban J connectivity index is 1.77. The number of hydrogen-bond donors (Lipinski definition) is 1. The monoisotopic (exact) mass is 392 g/mol. The van der Waals surface area contributed by atoms with Crippen molar-refractivity contribution in [1.82, 2.24) is 9.62 Å². The first kappa shape index (κ1) is 21.1. The fourth-order valence-electron chi connectivity index (χ4n) is 2.65. The molecule has 0 aromatic heterocycles. The molecule has 0 atom stereocenters. The minimum absolute atomic E-state index is 0.102. The molecule has 0 aliphatic rings. The first-order chi connectivity index (χ1) is 12.8. The molecule has 1 amide bonds. The molecule has 7 heteroatoms.